The molecule has 0 fully saturated rings. The topological polar surface area (TPSA) is 61.8 Å². The fourth-order valence-corrected chi connectivity index (χ4v) is 2.60. The van der Waals surface area contributed by atoms with E-state index in [1.54, 1.807) is 79.9 Å². The zero-order valence-electron chi connectivity index (χ0n) is 15.7. The molecule has 5 nitrogen and oxygen atoms in total. The zero-order chi connectivity index (χ0) is 19.9. The van der Waals surface area contributed by atoms with E-state index in [2.05, 4.69) is 0 Å². The Morgan fingerprint density at radius 3 is 1.64 bits per heavy atom. The summed E-state index contributed by atoms with van der Waals surface area (Å²) >= 11 is 0. The van der Waals surface area contributed by atoms with Crippen molar-refractivity contribution in [1.29, 1.82) is 0 Å². The lowest BCUT2D eigenvalue weighted by molar-refractivity contribution is 0.0734. The van der Waals surface area contributed by atoms with Crippen LogP contribution in [0, 0.1) is 0 Å². The lowest BCUT2D eigenvalue weighted by atomic mass is 10.0. The summed E-state index contributed by atoms with van der Waals surface area (Å²) in [6.45, 7) is 2.45. The molecular formula is C23H20O5. The molecule has 0 aliphatic heterocycles. The Labute approximate surface area is 163 Å². The minimum atomic E-state index is -0.475. The quantitative estimate of drug-likeness (QED) is 0.344. The van der Waals surface area contributed by atoms with Crippen LogP contribution in [-0.4, -0.2) is 25.5 Å². The van der Waals surface area contributed by atoms with Gasteiger partial charge in [-0.25, -0.2) is 4.79 Å². The third-order valence-corrected chi connectivity index (χ3v) is 4.08. The SMILES string of the molecule is CCOc1ccc(C(=O)Oc2ccc(C(=O)c3ccc(OC)cc3)cc2)cc1. The highest BCUT2D eigenvalue weighted by molar-refractivity contribution is 6.09. The van der Waals surface area contributed by atoms with Crippen LogP contribution >= 0.6 is 0 Å². The first-order valence-corrected chi connectivity index (χ1v) is 8.84. The van der Waals surface area contributed by atoms with E-state index in [1.807, 2.05) is 6.92 Å². The van der Waals surface area contributed by atoms with E-state index in [0.717, 1.165) is 0 Å². The first-order valence-electron chi connectivity index (χ1n) is 8.84. The molecule has 0 amide bonds. The van der Waals surface area contributed by atoms with Crippen molar-refractivity contribution in [3.8, 4) is 17.2 Å². The summed E-state index contributed by atoms with van der Waals surface area (Å²) in [6, 6.07) is 20.1. The van der Waals surface area contributed by atoms with Crippen LogP contribution in [0.15, 0.2) is 72.8 Å². The van der Waals surface area contributed by atoms with Gasteiger partial charge in [0.25, 0.3) is 0 Å². The van der Waals surface area contributed by atoms with Crippen LogP contribution in [0.2, 0.25) is 0 Å². The van der Waals surface area contributed by atoms with E-state index in [9.17, 15) is 9.59 Å². The second kappa shape index (κ2) is 8.86. The van der Waals surface area contributed by atoms with Gasteiger partial charge in [-0.15, -0.1) is 0 Å². The van der Waals surface area contributed by atoms with Crippen molar-refractivity contribution >= 4 is 11.8 Å². The van der Waals surface area contributed by atoms with Gasteiger partial charge >= 0.3 is 5.97 Å². The first-order chi connectivity index (χ1) is 13.6. The van der Waals surface area contributed by atoms with Crippen molar-refractivity contribution in [2.75, 3.05) is 13.7 Å². The number of ether oxygens (including phenoxy) is 3. The summed E-state index contributed by atoms with van der Waals surface area (Å²) in [5, 5.41) is 0. The Hall–Kier alpha value is -3.60. The Bertz CT molecular complexity index is 942. The van der Waals surface area contributed by atoms with Gasteiger partial charge in [0.05, 0.1) is 19.3 Å². The summed E-state index contributed by atoms with van der Waals surface area (Å²) in [4.78, 5) is 24.8. The predicted molar refractivity (Wildman–Crippen MR) is 105 cm³/mol. The van der Waals surface area contributed by atoms with Gasteiger partial charge in [-0.1, -0.05) is 0 Å². The normalized spacial score (nSPS) is 10.2. The van der Waals surface area contributed by atoms with Crippen LogP contribution in [0.3, 0.4) is 0 Å². The fraction of sp³-hybridized carbons (Fsp3) is 0.130. The molecule has 0 atom stereocenters. The van der Waals surface area contributed by atoms with Crippen molar-refractivity contribution in [3.63, 3.8) is 0 Å². The summed E-state index contributed by atoms with van der Waals surface area (Å²) in [6.07, 6.45) is 0. The maximum atomic E-state index is 12.5. The van der Waals surface area contributed by atoms with Crippen molar-refractivity contribution < 1.29 is 23.8 Å². The van der Waals surface area contributed by atoms with E-state index in [0.29, 0.717) is 40.5 Å². The van der Waals surface area contributed by atoms with Gasteiger partial charge in [-0.2, -0.15) is 0 Å². The third kappa shape index (κ3) is 4.57. The minimum absolute atomic E-state index is 0.118. The molecule has 0 unspecified atom stereocenters. The summed E-state index contributed by atoms with van der Waals surface area (Å²) in [5.41, 5.74) is 1.48. The Morgan fingerprint density at radius 2 is 1.14 bits per heavy atom. The smallest absolute Gasteiger partial charge is 0.343 e. The number of hydrogen-bond donors (Lipinski definition) is 0. The van der Waals surface area contributed by atoms with E-state index in [4.69, 9.17) is 14.2 Å². The molecular weight excluding hydrogens is 356 g/mol. The molecule has 3 rings (SSSR count). The number of ketones is 1. The molecule has 28 heavy (non-hydrogen) atoms. The molecule has 0 aliphatic carbocycles. The number of carbonyl (C=O) groups excluding carboxylic acids is 2. The predicted octanol–water partition coefficient (Wildman–Crippen LogP) is 4.54. The highest BCUT2D eigenvalue weighted by Gasteiger charge is 2.12. The molecule has 3 aromatic carbocycles. The molecule has 0 radical (unpaired) electrons. The van der Waals surface area contributed by atoms with E-state index < -0.39 is 5.97 Å². The molecule has 0 spiro atoms. The lowest BCUT2D eigenvalue weighted by Gasteiger charge is -2.07. The van der Waals surface area contributed by atoms with Crippen LogP contribution in [0.1, 0.15) is 33.2 Å². The second-order valence-corrected chi connectivity index (χ2v) is 5.93. The van der Waals surface area contributed by atoms with E-state index >= 15 is 0 Å². The number of carbonyl (C=O) groups is 2. The van der Waals surface area contributed by atoms with Crippen LogP contribution in [0.25, 0.3) is 0 Å². The van der Waals surface area contributed by atoms with Gasteiger partial charge in [-0.05, 0) is 79.7 Å². The van der Waals surface area contributed by atoms with Gasteiger partial charge in [0.2, 0.25) is 0 Å². The third-order valence-electron chi connectivity index (χ3n) is 4.08. The van der Waals surface area contributed by atoms with Gasteiger partial charge in [0.1, 0.15) is 17.2 Å². The largest absolute Gasteiger partial charge is 0.497 e. The summed E-state index contributed by atoms with van der Waals surface area (Å²) < 4.78 is 15.8. The lowest BCUT2D eigenvalue weighted by Crippen LogP contribution is -2.08. The number of rotatable bonds is 7. The molecule has 0 bridgehead atoms. The number of methoxy groups -OCH3 is 1. The zero-order valence-corrected chi connectivity index (χ0v) is 15.7. The van der Waals surface area contributed by atoms with Gasteiger partial charge in [-0.3, -0.25) is 4.79 Å². The van der Waals surface area contributed by atoms with Gasteiger partial charge in [0, 0.05) is 11.1 Å². The second-order valence-electron chi connectivity index (χ2n) is 5.93. The van der Waals surface area contributed by atoms with Crippen LogP contribution < -0.4 is 14.2 Å². The number of hydrogen-bond acceptors (Lipinski definition) is 5. The summed E-state index contributed by atoms with van der Waals surface area (Å²) in [7, 11) is 1.57. The van der Waals surface area contributed by atoms with Crippen molar-refractivity contribution in [2.45, 2.75) is 6.92 Å². The molecule has 0 saturated carbocycles. The fourth-order valence-electron chi connectivity index (χ4n) is 2.60. The highest BCUT2D eigenvalue weighted by atomic mass is 16.5. The highest BCUT2D eigenvalue weighted by Crippen LogP contribution is 2.19. The number of esters is 1. The molecule has 0 heterocycles. The number of benzene rings is 3. The monoisotopic (exact) mass is 376 g/mol. The van der Waals surface area contributed by atoms with Crippen LogP contribution in [-0.2, 0) is 0 Å². The van der Waals surface area contributed by atoms with Crippen molar-refractivity contribution in [2.24, 2.45) is 0 Å². The van der Waals surface area contributed by atoms with Crippen molar-refractivity contribution in [3.05, 3.63) is 89.5 Å². The molecule has 0 aliphatic rings. The molecule has 142 valence electrons. The Kier molecular flexibility index (Phi) is 6.07. The average Bonchev–Trinajstić information content (AvgIpc) is 2.74. The van der Waals surface area contributed by atoms with E-state index in [1.165, 1.54) is 0 Å². The minimum Gasteiger partial charge on any atom is -0.497 e. The van der Waals surface area contributed by atoms with Crippen LogP contribution in [0.4, 0.5) is 0 Å². The first kappa shape index (κ1) is 19.2. The maximum absolute atomic E-state index is 12.5. The maximum Gasteiger partial charge on any atom is 0.343 e. The summed E-state index contributed by atoms with van der Waals surface area (Å²) in [5.74, 6) is 1.16. The molecule has 5 heteroatoms. The van der Waals surface area contributed by atoms with Crippen molar-refractivity contribution in [1.82, 2.24) is 0 Å². The van der Waals surface area contributed by atoms with Crippen LogP contribution in [0.5, 0.6) is 17.2 Å². The Balaban J connectivity index is 1.66. The molecule has 3 aromatic rings. The van der Waals surface area contributed by atoms with E-state index in [-0.39, 0.29) is 5.78 Å². The molecule has 0 saturated heterocycles. The average molecular weight is 376 g/mol. The molecule has 0 N–H and O–H groups in total. The standard InChI is InChI=1S/C23H20O5/c1-3-27-20-12-8-18(9-13-20)23(25)28-21-14-6-17(7-15-21)22(24)16-4-10-19(26-2)11-5-16/h4-15H,3H2,1-2H3. The van der Waals surface area contributed by atoms with Gasteiger partial charge in [0.15, 0.2) is 5.78 Å². The van der Waals surface area contributed by atoms with Gasteiger partial charge < -0.3 is 14.2 Å². The molecule has 0 aromatic heterocycles. The Morgan fingerprint density at radius 1 is 0.679 bits per heavy atom.